The van der Waals surface area contributed by atoms with Gasteiger partial charge in [-0.3, -0.25) is 0 Å². The lowest BCUT2D eigenvalue weighted by atomic mass is 9.83. The molecule has 2 aromatic rings. The van der Waals surface area contributed by atoms with Gasteiger partial charge in [0.2, 0.25) is 0 Å². The minimum Gasteiger partial charge on any atom is -0.497 e. The number of nitrogens with one attached hydrogen (secondary N) is 1. The van der Waals surface area contributed by atoms with Crippen LogP contribution in [0.2, 0.25) is 0 Å². The first-order valence-corrected chi connectivity index (χ1v) is 12.5. The normalized spacial score (nSPS) is 23.6. The van der Waals surface area contributed by atoms with Crippen LogP contribution in [0.25, 0.3) is 0 Å². The van der Waals surface area contributed by atoms with E-state index in [0.29, 0.717) is 17.9 Å². The summed E-state index contributed by atoms with van der Waals surface area (Å²) in [4.78, 5) is 2.43. The van der Waals surface area contributed by atoms with Crippen molar-refractivity contribution in [2.45, 2.75) is 57.1 Å². The highest BCUT2D eigenvalue weighted by Gasteiger charge is 2.34. The van der Waals surface area contributed by atoms with Gasteiger partial charge < -0.3 is 19.7 Å². The Kier molecular flexibility index (Phi) is 6.70. The third kappa shape index (κ3) is 4.67. The van der Waals surface area contributed by atoms with Crippen molar-refractivity contribution >= 4 is 0 Å². The zero-order valence-corrected chi connectivity index (χ0v) is 19.7. The zero-order valence-electron chi connectivity index (χ0n) is 19.7. The Balaban J connectivity index is 1.40. The molecule has 2 aromatic carbocycles. The molecule has 0 bridgehead atoms. The van der Waals surface area contributed by atoms with Crippen molar-refractivity contribution in [2.75, 3.05) is 33.8 Å². The summed E-state index contributed by atoms with van der Waals surface area (Å²) in [5, 5.41) is 3.53. The summed E-state index contributed by atoms with van der Waals surface area (Å²) in [7, 11) is 3.97. The third-order valence-corrected chi connectivity index (χ3v) is 7.91. The SMILES string of the molecule is COc1cccc(C2CN(C)Cc3cc(OC(C4CCCC4)C4CCNCC4)ccc32)c1. The molecule has 1 N–H and O–H groups in total. The first kappa shape index (κ1) is 21.8. The molecule has 1 saturated heterocycles. The average molecular weight is 435 g/mol. The lowest BCUT2D eigenvalue weighted by Crippen LogP contribution is -2.40. The lowest BCUT2D eigenvalue weighted by Gasteiger charge is -2.36. The number of nitrogens with zero attached hydrogens (tertiary/aromatic N) is 1. The van der Waals surface area contributed by atoms with Crippen LogP contribution >= 0.6 is 0 Å². The minimum absolute atomic E-state index is 0.364. The second kappa shape index (κ2) is 9.84. The Morgan fingerprint density at radius 3 is 2.50 bits per heavy atom. The lowest BCUT2D eigenvalue weighted by molar-refractivity contribution is 0.0605. The van der Waals surface area contributed by atoms with Crippen LogP contribution < -0.4 is 14.8 Å². The Bertz CT molecular complexity index is 902. The van der Waals surface area contributed by atoms with Crippen LogP contribution in [0.15, 0.2) is 42.5 Å². The van der Waals surface area contributed by atoms with Crippen molar-refractivity contribution in [3.63, 3.8) is 0 Å². The molecule has 172 valence electrons. The molecule has 1 aliphatic carbocycles. The van der Waals surface area contributed by atoms with E-state index >= 15 is 0 Å². The molecule has 2 atom stereocenters. The quantitative estimate of drug-likeness (QED) is 0.677. The molecule has 2 unspecified atom stereocenters. The molecule has 2 fully saturated rings. The molecule has 3 aliphatic rings. The number of rotatable bonds is 6. The molecule has 2 aliphatic heterocycles. The fraction of sp³-hybridized carbons (Fsp3) is 0.571. The molecule has 0 amide bonds. The molecule has 4 nitrogen and oxygen atoms in total. The van der Waals surface area contributed by atoms with E-state index in [0.717, 1.165) is 43.6 Å². The standard InChI is InChI=1S/C28H38N2O2/c1-30-18-23-17-25(32-28(20-6-3-4-7-20)21-12-14-29-15-13-21)10-11-26(23)27(19-30)22-8-5-9-24(16-22)31-2/h5,8-11,16-17,20-21,27-29H,3-4,6-7,12-15,18-19H2,1-2H3. The van der Waals surface area contributed by atoms with Crippen molar-refractivity contribution in [3.05, 3.63) is 59.2 Å². The van der Waals surface area contributed by atoms with Crippen molar-refractivity contribution in [1.29, 1.82) is 0 Å². The van der Waals surface area contributed by atoms with Crippen LogP contribution in [-0.2, 0) is 6.54 Å². The van der Waals surface area contributed by atoms with Crippen LogP contribution in [0.1, 0.15) is 61.1 Å². The molecular formula is C28H38N2O2. The predicted molar refractivity (Wildman–Crippen MR) is 130 cm³/mol. The van der Waals surface area contributed by atoms with E-state index in [1.807, 2.05) is 6.07 Å². The largest absolute Gasteiger partial charge is 0.497 e. The molecule has 1 saturated carbocycles. The van der Waals surface area contributed by atoms with Gasteiger partial charge in [-0.1, -0.05) is 31.0 Å². The highest BCUT2D eigenvalue weighted by Crippen LogP contribution is 2.39. The van der Waals surface area contributed by atoms with E-state index in [-0.39, 0.29) is 0 Å². The number of likely N-dealkylation sites (N-methyl/N-ethyl adjacent to an activating group) is 1. The molecular weight excluding hydrogens is 396 g/mol. The Hall–Kier alpha value is -2.04. The van der Waals surface area contributed by atoms with Crippen LogP contribution in [0.4, 0.5) is 0 Å². The van der Waals surface area contributed by atoms with E-state index in [1.54, 1.807) is 7.11 Å². The first-order valence-electron chi connectivity index (χ1n) is 12.5. The van der Waals surface area contributed by atoms with E-state index in [2.05, 4.69) is 53.7 Å². The second-order valence-corrected chi connectivity index (χ2v) is 10.1. The average Bonchev–Trinajstić information content (AvgIpc) is 3.37. The summed E-state index contributed by atoms with van der Waals surface area (Å²) in [5.74, 6) is 3.77. The van der Waals surface area contributed by atoms with E-state index < -0.39 is 0 Å². The Morgan fingerprint density at radius 1 is 0.938 bits per heavy atom. The topological polar surface area (TPSA) is 33.7 Å². The fourth-order valence-corrected chi connectivity index (χ4v) is 6.23. The van der Waals surface area contributed by atoms with Gasteiger partial charge in [0.25, 0.3) is 0 Å². The van der Waals surface area contributed by atoms with Gasteiger partial charge in [-0.2, -0.15) is 0 Å². The van der Waals surface area contributed by atoms with Crippen LogP contribution in [0.5, 0.6) is 11.5 Å². The van der Waals surface area contributed by atoms with Gasteiger partial charge in [0.05, 0.1) is 7.11 Å². The smallest absolute Gasteiger partial charge is 0.120 e. The third-order valence-electron chi connectivity index (χ3n) is 7.91. The maximum absolute atomic E-state index is 6.85. The van der Waals surface area contributed by atoms with Gasteiger partial charge in [-0.15, -0.1) is 0 Å². The van der Waals surface area contributed by atoms with Crippen molar-refractivity contribution in [1.82, 2.24) is 10.2 Å². The minimum atomic E-state index is 0.364. The number of methoxy groups -OCH3 is 1. The Labute approximate surface area is 193 Å². The molecule has 32 heavy (non-hydrogen) atoms. The van der Waals surface area contributed by atoms with Gasteiger partial charge >= 0.3 is 0 Å². The predicted octanol–water partition coefficient (Wildman–Crippen LogP) is 5.21. The van der Waals surface area contributed by atoms with E-state index in [4.69, 9.17) is 9.47 Å². The highest BCUT2D eigenvalue weighted by molar-refractivity contribution is 5.45. The van der Waals surface area contributed by atoms with Crippen molar-refractivity contribution in [2.24, 2.45) is 11.8 Å². The molecule has 4 heteroatoms. The number of fused-ring (bicyclic) bond motifs is 1. The maximum atomic E-state index is 6.85. The van der Waals surface area contributed by atoms with Crippen molar-refractivity contribution in [3.8, 4) is 11.5 Å². The van der Waals surface area contributed by atoms with E-state index in [9.17, 15) is 0 Å². The van der Waals surface area contributed by atoms with E-state index in [1.165, 1.54) is 55.2 Å². The number of ether oxygens (including phenoxy) is 2. The number of piperidine rings is 1. The van der Waals surface area contributed by atoms with Crippen LogP contribution in [-0.4, -0.2) is 44.8 Å². The van der Waals surface area contributed by atoms with Gasteiger partial charge in [0.15, 0.2) is 0 Å². The molecule has 0 spiro atoms. The summed E-state index contributed by atoms with van der Waals surface area (Å²) in [5.41, 5.74) is 4.16. The summed E-state index contributed by atoms with van der Waals surface area (Å²) in [6.45, 7) is 4.28. The molecule has 0 aromatic heterocycles. The maximum Gasteiger partial charge on any atom is 0.120 e. The van der Waals surface area contributed by atoms with Crippen LogP contribution in [0.3, 0.4) is 0 Å². The summed E-state index contributed by atoms with van der Waals surface area (Å²) in [6.07, 6.45) is 8.26. The highest BCUT2D eigenvalue weighted by atomic mass is 16.5. The summed E-state index contributed by atoms with van der Waals surface area (Å²) < 4.78 is 12.3. The van der Waals surface area contributed by atoms with Gasteiger partial charge in [-0.25, -0.2) is 0 Å². The fourth-order valence-electron chi connectivity index (χ4n) is 6.23. The van der Waals surface area contributed by atoms with Crippen molar-refractivity contribution < 1.29 is 9.47 Å². The monoisotopic (exact) mass is 434 g/mol. The summed E-state index contributed by atoms with van der Waals surface area (Å²) >= 11 is 0. The first-order chi connectivity index (χ1) is 15.7. The number of benzene rings is 2. The Morgan fingerprint density at radius 2 is 1.72 bits per heavy atom. The number of hydrogen-bond acceptors (Lipinski definition) is 4. The zero-order chi connectivity index (χ0) is 21.9. The number of hydrogen-bond donors (Lipinski definition) is 1. The molecule has 2 heterocycles. The second-order valence-electron chi connectivity index (χ2n) is 10.1. The van der Waals surface area contributed by atoms with Gasteiger partial charge in [0, 0.05) is 19.0 Å². The van der Waals surface area contributed by atoms with Gasteiger partial charge in [0.1, 0.15) is 17.6 Å². The molecule has 5 rings (SSSR count). The summed E-state index contributed by atoms with van der Waals surface area (Å²) in [6, 6.07) is 15.4. The van der Waals surface area contributed by atoms with Gasteiger partial charge in [-0.05, 0) is 98.6 Å². The molecule has 0 radical (unpaired) electrons. The van der Waals surface area contributed by atoms with Crippen LogP contribution in [0, 0.1) is 11.8 Å².